The van der Waals surface area contributed by atoms with Gasteiger partial charge in [0, 0.05) is 19.0 Å². The second-order valence-corrected chi connectivity index (χ2v) is 6.69. The van der Waals surface area contributed by atoms with E-state index in [1.54, 1.807) is 6.92 Å². The van der Waals surface area contributed by atoms with Gasteiger partial charge in [0.25, 0.3) is 0 Å². The van der Waals surface area contributed by atoms with E-state index in [0.717, 1.165) is 25.3 Å². The van der Waals surface area contributed by atoms with Gasteiger partial charge in [-0.2, -0.15) is 5.10 Å². The van der Waals surface area contributed by atoms with Crippen molar-refractivity contribution in [1.82, 2.24) is 20.1 Å². The first kappa shape index (κ1) is 15.4. The summed E-state index contributed by atoms with van der Waals surface area (Å²) in [4.78, 5) is 4.24. The number of nitrogens with one attached hydrogen (secondary N) is 1. The Kier molecular flexibility index (Phi) is 5.13. The maximum Gasteiger partial charge on any atom is 0.138 e. The van der Waals surface area contributed by atoms with E-state index in [2.05, 4.69) is 29.2 Å². The van der Waals surface area contributed by atoms with Gasteiger partial charge in [-0.15, -0.1) is 0 Å². The Morgan fingerprint density at radius 1 is 1.50 bits per heavy atom. The summed E-state index contributed by atoms with van der Waals surface area (Å²) in [6.45, 7) is 7.77. The lowest BCUT2D eigenvalue weighted by molar-refractivity contribution is 0.141. The van der Waals surface area contributed by atoms with Gasteiger partial charge in [-0.25, -0.2) is 14.1 Å². The number of hydrogen-bond donors (Lipinski definition) is 1. The summed E-state index contributed by atoms with van der Waals surface area (Å²) in [5, 5.41) is 7.63. The van der Waals surface area contributed by atoms with Crippen molar-refractivity contribution >= 4 is 0 Å². The lowest BCUT2D eigenvalue weighted by Crippen LogP contribution is -2.40. The van der Waals surface area contributed by atoms with Crippen LogP contribution in [0, 0.1) is 5.92 Å². The molecule has 20 heavy (non-hydrogen) atoms. The van der Waals surface area contributed by atoms with Crippen LogP contribution in [0.3, 0.4) is 0 Å². The SMILES string of the molecule is CC(C)Cn1ncnc1CC(C)(F)CC1CCCCN1. The van der Waals surface area contributed by atoms with Gasteiger partial charge >= 0.3 is 0 Å². The van der Waals surface area contributed by atoms with Gasteiger partial charge in [-0.3, -0.25) is 0 Å². The first-order valence-corrected chi connectivity index (χ1v) is 7.75. The van der Waals surface area contributed by atoms with Crippen LogP contribution in [0.2, 0.25) is 0 Å². The summed E-state index contributed by atoms with van der Waals surface area (Å²) in [6, 6.07) is 0.306. The van der Waals surface area contributed by atoms with E-state index in [-0.39, 0.29) is 0 Å². The van der Waals surface area contributed by atoms with Gasteiger partial charge in [0.1, 0.15) is 17.8 Å². The predicted molar refractivity (Wildman–Crippen MR) is 78.3 cm³/mol. The van der Waals surface area contributed by atoms with Gasteiger partial charge in [0.05, 0.1) is 0 Å². The van der Waals surface area contributed by atoms with Crippen molar-refractivity contribution in [3.8, 4) is 0 Å². The normalized spacial score (nSPS) is 22.9. The molecule has 0 saturated carbocycles. The van der Waals surface area contributed by atoms with Crippen LogP contribution in [-0.4, -0.2) is 33.0 Å². The fourth-order valence-electron chi connectivity index (χ4n) is 2.94. The van der Waals surface area contributed by atoms with Crippen LogP contribution in [0.1, 0.15) is 52.3 Å². The lowest BCUT2D eigenvalue weighted by Gasteiger charge is -2.29. The third-order valence-electron chi connectivity index (χ3n) is 3.84. The molecule has 5 heteroatoms. The second kappa shape index (κ2) is 6.66. The number of hydrogen-bond acceptors (Lipinski definition) is 3. The van der Waals surface area contributed by atoms with E-state index in [1.165, 1.54) is 19.2 Å². The minimum absolute atomic E-state index is 0.306. The Morgan fingerprint density at radius 3 is 2.95 bits per heavy atom. The number of nitrogens with zero attached hydrogens (tertiary/aromatic N) is 3. The number of alkyl halides is 1. The average Bonchev–Trinajstić information content (AvgIpc) is 2.75. The van der Waals surface area contributed by atoms with Gasteiger partial charge in [-0.1, -0.05) is 20.3 Å². The molecule has 1 aromatic heterocycles. The van der Waals surface area contributed by atoms with E-state index < -0.39 is 5.67 Å². The van der Waals surface area contributed by atoms with Crippen molar-refractivity contribution in [1.29, 1.82) is 0 Å². The molecule has 2 heterocycles. The zero-order chi connectivity index (χ0) is 14.6. The van der Waals surface area contributed by atoms with Crippen LogP contribution in [0.4, 0.5) is 4.39 Å². The van der Waals surface area contributed by atoms with Crippen LogP contribution in [-0.2, 0) is 13.0 Å². The zero-order valence-corrected chi connectivity index (χ0v) is 12.9. The second-order valence-electron chi connectivity index (χ2n) is 6.69. The maximum atomic E-state index is 14.8. The summed E-state index contributed by atoms with van der Waals surface area (Å²) in [5.74, 6) is 1.25. The molecule has 1 saturated heterocycles. The summed E-state index contributed by atoms with van der Waals surface area (Å²) in [5.41, 5.74) is -1.23. The topological polar surface area (TPSA) is 42.7 Å². The van der Waals surface area contributed by atoms with Crippen LogP contribution < -0.4 is 5.32 Å². The van der Waals surface area contributed by atoms with E-state index in [4.69, 9.17) is 0 Å². The summed E-state index contributed by atoms with van der Waals surface area (Å²) < 4.78 is 16.7. The monoisotopic (exact) mass is 282 g/mol. The predicted octanol–water partition coefficient (Wildman–Crippen LogP) is 2.74. The number of rotatable bonds is 6. The van der Waals surface area contributed by atoms with Crippen LogP contribution >= 0.6 is 0 Å². The standard InChI is InChI=1S/C15H27FN4/c1-12(2)10-20-14(18-11-19-20)9-15(3,16)8-13-6-4-5-7-17-13/h11-13,17H,4-10H2,1-3H3. The molecule has 1 aromatic rings. The van der Waals surface area contributed by atoms with Gasteiger partial charge in [-0.05, 0) is 38.6 Å². The number of piperidine rings is 1. The summed E-state index contributed by atoms with van der Waals surface area (Å²) in [6.07, 6.45) is 5.93. The Labute approximate surface area is 121 Å². The van der Waals surface area contributed by atoms with Crippen LogP contribution in [0.25, 0.3) is 0 Å². The molecule has 1 N–H and O–H groups in total. The average molecular weight is 282 g/mol. The van der Waals surface area contributed by atoms with E-state index >= 15 is 0 Å². The Hall–Kier alpha value is -0.970. The molecular weight excluding hydrogens is 255 g/mol. The highest BCUT2D eigenvalue weighted by atomic mass is 19.1. The van der Waals surface area contributed by atoms with E-state index in [9.17, 15) is 4.39 Å². The molecule has 1 fully saturated rings. The molecule has 0 aromatic carbocycles. The first-order chi connectivity index (χ1) is 9.46. The van der Waals surface area contributed by atoms with Crippen molar-refractivity contribution in [2.45, 2.75) is 71.1 Å². The molecule has 114 valence electrons. The molecule has 1 aliphatic heterocycles. The van der Waals surface area contributed by atoms with Gasteiger partial charge in [0.15, 0.2) is 0 Å². The van der Waals surface area contributed by atoms with Crippen molar-refractivity contribution < 1.29 is 4.39 Å². The molecule has 0 amide bonds. The van der Waals surface area contributed by atoms with Gasteiger partial charge in [0.2, 0.25) is 0 Å². The lowest BCUT2D eigenvalue weighted by atomic mass is 9.90. The fraction of sp³-hybridized carbons (Fsp3) is 0.867. The van der Waals surface area contributed by atoms with E-state index in [1.807, 2.05) is 4.68 Å². The smallest absolute Gasteiger partial charge is 0.138 e. The molecule has 0 aliphatic carbocycles. The Bertz CT molecular complexity index is 408. The minimum Gasteiger partial charge on any atom is -0.314 e. The largest absolute Gasteiger partial charge is 0.314 e. The van der Waals surface area contributed by atoms with Crippen LogP contribution in [0.5, 0.6) is 0 Å². The van der Waals surface area contributed by atoms with E-state index in [0.29, 0.717) is 24.8 Å². The highest BCUT2D eigenvalue weighted by molar-refractivity contribution is 4.95. The molecule has 0 spiro atoms. The molecule has 4 nitrogen and oxygen atoms in total. The van der Waals surface area contributed by atoms with Gasteiger partial charge < -0.3 is 5.32 Å². The van der Waals surface area contributed by atoms with Crippen molar-refractivity contribution in [2.24, 2.45) is 5.92 Å². The summed E-state index contributed by atoms with van der Waals surface area (Å²) >= 11 is 0. The fourth-order valence-corrected chi connectivity index (χ4v) is 2.94. The third kappa shape index (κ3) is 4.54. The molecular formula is C15H27FN4. The molecule has 1 aliphatic rings. The number of halogens is 1. The highest BCUT2D eigenvalue weighted by Gasteiger charge is 2.30. The molecule has 2 unspecified atom stereocenters. The minimum atomic E-state index is -1.23. The van der Waals surface area contributed by atoms with Crippen molar-refractivity contribution in [3.63, 3.8) is 0 Å². The van der Waals surface area contributed by atoms with Crippen molar-refractivity contribution in [3.05, 3.63) is 12.2 Å². The third-order valence-corrected chi connectivity index (χ3v) is 3.84. The molecule has 2 atom stereocenters. The quantitative estimate of drug-likeness (QED) is 0.872. The molecule has 0 radical (unpaired) electrons. The zero-order valence-electron chi connectivity index (χ0n) is 12.9. The summed E-state index contributed by atoms with van der Waals surface area (Å²) in [7, 11) is 0. The number of aromatic nitrogens is 3. The van der Waals surface area contributed by atoms with Crippen molar-refractivity contribution in [2.75, 3.05) is 6.54 Å². The maximum absolute atomic E-state index is 14.8. The Morgan fingerprint density at radius 2 is 2.30 bits per heavy atom. The molecule has 0 bridgehead atoms. The first-order valence-electron chi connectivity index (χ1n) is 7.75. The van der Waals surface area contributed by atoms with Crippen LogP contribution in [0.15, 0.2) is 6.33 Å². The molecule has 2 rings (SSSR count). The Balaban J connectivity index is 1.94. The highest BCUT2D eigenvalue weighted by Crippen LogP contribution is 2.25.